The molecule has 0 saturated carbocycles. The van der Waals surface area contributed by atoms with E-state index in [1.165, 1.54) is 23.5 Å². The molecule has 1 unspecified atom stereocenters. The summed E-state index contributed by atoms with van der Waals surface area (Å²) in [4.78, 5) is 14.7. The third-order valence-electron chi connectivity index (χ3n) is 5.22. The summed E-state index contributed by atoms with van der Waals surface area (Å²) in [7, 11) is 0. The van der Waals surface area contributed by atoms with Crippen molar-refractivity contribution >= 4 is 45.6 Å². The van der Waals surface area contributed by atoms with Crippen LogP contribution in [0.15, 0.2) is 45.2 Å². The van der Waals surface area contributed by atoms with E-state index >= 15 is 0 Å². The Morgan fingerprint density at radius 2 is 2.23 bits per heavy atom. The Balaban J connectivity index is 1.91. The number of benzene rings is 1. The molecule has 4 rings (SSSR count). The van der Waals surface area contributed by atoms with Crippen molar-refractivity contribution in [3.05, 3.63) is 57.3 Å². The van der Waals surface area contributed by atoms with E-state index in [1.54, 1.807) is 22.7 Å². The van der Waals surface area contributed by atoms with Crippen LogP contribution in [0.1, 0.15) is 44.1 Å². The first-order valence-corrected chi connectivity index (χ1v) is 12.0. The number of anilines is 1. The second kappa shape index (κ2) is 8.99. The molecule has 31 heavy (non-hydrogen) atoms. The fraction of sp³-hybridized carbons (Fsp3) is 0.333. The Kier molecular flexibility index (Phi) is 6.32. The van der Waals surface area contributed by atoms with E-state index in [0.29, 0.717) is 35.7 Å². The van der Waals surface area contributed by atoms with E-state index in [9.17, 15) is 14.4 Å². The first-order chi connectivity index (χ1) is 15.0. The molecule has 2 aliphatic rings. The fourth-order valence-electron chi connectivity index (χ4n) is 3.92. The summed E-state index contributed by atoms with van der Waals surface area (Å²) in [5, 5.41) is 19.1. The van der Waals surface area contributed by atoms with E-state index in [2.05, 4.69) is 23.2 Å². The van der Waals surface area contributed by atoms with Gasteiger partial charge in [-0.3, -0.25) is 9.69 Å². The lowest BCUT2D eigenvalue weighted by Gasteiger charge is -2.38. The van der Waals surface area contributed by atoms with E-state index < -0.39 is 11.7 Å². The summed E-state index contributed by atoms with van der Waals surface area (Å²) in [5.74, 6) is -0.626. The molecule has 0 radical (unpaired) electrons. The van der Waals surface area contributed by atoms with Gasteiger partial charge in [0.1, 0.15) is 11.6 Å². The highest BCUT2D eigenvalue weighted by Gasteiger charge is 2.42. The number of nitrogens with two attached hydrogens (primary N) is 1. The Labute approximate surface area is 192 Å². The minimum Gasteiger partial charge on any atom is -0.384 e. The summed E-state index contributed by atoms with van der Waals surface area (Å²) < 4.78 is 15.7. The number of ketones is 1. The number of nitriles is 1. The Morgan fingerprint density at radius 3 is 2.94 bits per heavy atom. The number of rotatable bonds is 5. The van der Waals surface area contributed by atoms with Crippen LogP contribution in [0.5, 0.6) is 0 Å². The van der Waals surface area contributed by atoms with Crippen LogP contribution in [0.4, 0.5) is 9.52 Å². The molecule has 0 saturated heterocycles. The van der Waals surface area contributed by atoms with Crippen LogP contribution in [0, 0.1) is 17.1 Å². The molecule has 2 N–H and O–H groups in total. The lowest BCUT2D eigenvalue weighted by molar-refractivity contribution is -0.116. The fourth-order valence-corrected chi connectivity index (χ4v) is 6.00. The van der Waals surface area contributed by atoms with Crippen LogP contribution in [-0.2, 0) is 4.79 Å². The third kappa shape index (κ3) is 3.84. The maximum Gasteiger partial charge on any atom is 0.219 e. The normalized spacial score (nSPS) is 19.0. The van der Waals surface area contributed by atoms with Gasteiger partial charge in [-0.25, -0.2) is 4.39 Å². The number of halogens is 2. The molecule has 1 aromatic heterocycles. The zero-order valence-electron chi connectivity index (χ0n) is 16.7. The lowest BCUT2D eigenvalue weighted by atomic mass is 9.75. The number of aromatic nitrogens is 2. The van der Waals surface area contributed by atoms with Crippen molar-refractivity contribution in [2.24, 2.45) is 5.73 Å². The molecule has 160 valence electrons. The van der Waals surface area contributed by atoms with Crippen LogP contribution >= 0.6 is 34.7 Å². The highest BCUT2D eigenvalue weighted by atomic mass is 35.5. The van der Waals surface area contributed by atoms with Crippen molar-refractivity contribution in [1.29, 1.82) is 5.26 Å². The number of nitrogens with zero attached hydrogens (tertiary/aromatic N) is 4. The van der Waals surface area contributed by atoms with Gasteiger partial charge in [0.25, 0.3) is 0 Å². The maximum atomic E-state index is 14.9. The summed E-state index contributed by atoms with van der Waals surface area (Å²) in [6.07, 6.45) is 2.51. The molecule has 0 spiro atoms. The van der Waals surface area contributed by atoms with Crippen LogP contribution in [0.2, 0.25) is 5.02 Å². The molecule has 0 amide bonds. The second-order valence-electron chi connectivity index (χ2n) is 7.15. The van der Waals surface area contributed by atoms with Gasteiger partial charge in [-0.2, -0.15) is 5.26 Å². The number of carbonyl (C=O) groups is 1. The second-order valence-corrected chi connectivity index (χ2v) is 9.86. The Bertz CT molecular complexity index is 1130. The maximum absolute atomic E-state index is 14.9. The quantitative estimate of drug-likeness (QED) is 0.598. The molecule has 6 nitrogen and oxygen atoms in total. The highest BCUT2D eigenvalue weighted by Crippen LogP contribution is 2.48. The highest BCUT2D eigenvalue weighted by molar-refractivity contribution is 8.01. The average molecular weight is 476 g/mol. The Morgan fingerprint density at radius 1 is 1.42 bits per heavy atom. The van der Waals surface area contributed by atoms with Crippen molar-refractivity contribution < 1.29 is 9.18 Å². The van der Waals surface area contributed by atoms with Crippen molar-refractivity contribution in [2.45, 2.75) is 42.9 Å². The van der Waals surface area contributed by atoms with Gasteiger partial charge in [0, 0.05) is 34.0 Å². The van der Waals surface area contributed by atoms with Crippen molar-refractivity contribution in [3.8, 4) is 6.07 Å². The molecule has 1 aliphatic carbocycles. The van der Waals surface area contributed by atoms with Gasteiger partial charge in [0.05, 0.1) is 17.6 Å². The standard InChI is InChI=1S/C21H19ClFN5OS2/c1-2-9-30-21-27-26-20(31-21)28-14-7-4-8-15(29)18(14)16(11(10-24)19(28)25)17-12(22)5-3-6-13(17)23/h3,5-6,16H,2,4,7-9,25H2,1H3. The number of hydrogen-bond donors (Lipinski definition) is 1. The predicted octanol–water partition coefficient (Wildman–Crippen LogP) is 5.14. The molecular weight excluding hydrogens is 457 g/mol. The monoisotopic (exact) mass is 475 g/mol. The average Bonchev–Trinajstić information content (AvgIpc) is 3.20. The lowest BCUT2D eigenvalue weighted by Crippen LogP contribution is -2.39. The van der Waals surface area contributed by atoms with Crippen molar-refractivity contribution in [1.82, 2.24) is 10.2 Å². The van der Waals surface area contributed by atoms with Gasteiger partial charge in [0.2, 0.25) is 5.13 Å². The minimum atomic E-state index is -0.945. The van der Waals surface area contributed by atoms with Gasteiger partial charge in [-0.1, -0.05) is 47.7 Å². The number of Topliss-reactive ketones (excluding diaryl/α,β-unsaturated/α-hetero) is 1. The predicted molar refractivity (Wildman–Crippen MR) is 120 cm³/mol. The van der Waals surface area contributed by atoms with Crippen LogP contribution < -0.4 is 10.6 Å². The summed E-state index contributed by atoms with van der Waals surface area (Å²) >= 11 is 9.28. The van der Waals surface area contributed by atoms with Gasteiger partial charge in [0.15, 0.2) is 10.1 Å². The van der Waals surface area contributed by atoms with E-state index in [1.807, 2.05) is 0 Å². The van der Waals surface area contributed by atoms with E-state index in [-0.39, 0.29) is 27.8 Å². The number of allylic oxidation sites excluding steroid dienone is 3. The van der Waals surface area contributed by atoms with Crippen molar-refractivity contribution in [3.63, 3.8) is 0 Å². The van der Waals surface area contributed by atoms with E-state index in [4.69, 9.17) is 17.3 Å². The molecular formula is C21H19ClFN5OS2. The van der Waals surface area contributed by atoms with Crippen LogP contribution in [-0.4, -0.2) is 21.7 Å². The van der Waals surface area contributed by atoms with Crippen LogP contribution in [0.25, 0.3) is 0 Å². The summed E-state index contributed by atoms with van der Waals surface area (Å²) in [6.45, 7) is 2.08. The first-order valence-electron chi connectivity index (χ1n) is 9.84. The summed E-state index contributed by atoms with van der Waals surface area (Å²) in [5.41, 5.74) is 7.64. The summed E-state index contributed by atoms with van der Waals surface area (Å²) in [6, 6.07) is 6.41. The van der Waals surface area contributed by atoms with Gasteiger partial charge in [-0.05, 0) is 31.4 Å². The topological polar surface area (TPSA) is 95.9 Å². The van der Waals surface area contributed by atoms with E-state index in [0.717, 1.165) is 16.5 Å². The largest absolute Gasteiger partial charge is 0.384 e. The molecule has 1 atom stereocenters. The molecule has 2 aromatic rings. The first kappa shape index (κ1) is 21.8. The van der Waals surface area contributed by atoms with Crippen LogP contribution in [0.3, 0.4) is 0 Å². The van der Waals surface area contributed by atoms with Gasteiger partial charge < -0.3 is 5.73 Å². The van der Waals surface area contributed by atoms with Gasteiger partial charge in [-0.15, -0.1) is 10.2 Å². The Hall–Kier alpha value is -2.41. The third-order valence-corrected chi connectivity index (χ3v) is 7.80. The zero-order chi connectivity index (χ0) is 22.1. The number of thioether (sulfide) groups is 1. The zero-order valence-corrected chi connectivity index (χ0v) is 19.1. The minimum absolute atomic E-state index is 0.0824. The SMILES string of the molecule is CCCSc1nnc(N2C(N)=C(C#N)C(c3c(F)cccc3Cl)C3=C2CCCC3=O)s1. The molecule has 0 bridgehead atoms. The molecule has 10 heteroatoms. The van der Waals surface area contributed by atoms with Crippen molar-refractivity contribution in [2.75, 3.05) is 10.7 Å². The smallest absolute Gasteiger partial charge is 0.219 e. The molecule has 0 fully saturated rings. The number of carbonyl (C=O) groups excluding carboxylic acids is 1. The van der Waals surface area contributed by atoms with Gasteiger partial charge >= 0.3 is 0 Å². The molecule has 1 aromatic carbocycles. The number of hydrogen-bond acceptors (Lipinski definition) is 8. The molecule has 2 heterocycles. The molecule has 1 aliphatic heterocycles.